The van der Waals surface area contributed by atoms with E-state index in [4.69, 9.17) is 4.74 Å². The lowest BCUT2D eigenvalue weighted by atomic mass is 10.0. The zero-order valence-electron chi connectivity index (χ0n) is 17.3. The van der Waals surface area contributed by atoms with Crippen LogP contribution < -0.4 is 0 Å². The molecule has 1 aliphatic carbocycles. The fraction of sp³-hybridized carbons (Fsp3) is 0.318. The Hall–Kier alpha value is -2.30. The summed E-state index contributed by atoms with van der Waals surface area (Å²) in [4.78, 5) is 21.8. The number of phenols is 1. The molecule has 0 amide bonds. The number of esters is 1. The van der Waals surface area contributed by atoms with Crippen molar-refractivity contribution in [2.24, 2.45) is 0 Å². The molecule has 0 atom stereocenters. The van der Waals surface area contributed by atoms with Gasteiger partial charge in [0.05, 0.1) is 35.0 Å². The van der Waals surface area contributed by atoms with Crippen molar-refractivity contribution < 1.29 is 14.6 Å². The molecule has 10 heteroatoms. The van der Waals surface area contributed by atoms with Gasteiger partial charge in [-0.3, -0.25) is 0 Å². The number of thiazole rings is 1. The van der Waals surface area contributed by atoms with Crippen molar-refractivity contribution in [2.45, 2.75) is 42.4 Å². The Bertz CT molecular complexity index is 1260. The number of carbonyl (C=O) groups excluding carboxylic acids is 1. The van der Waals surface area contributed by atoms with E-state index in [1.807, 2.05) is 29.1 Å². The quantitative estimate of drug-likeness (QED) is 0.234. The summed E-state index contributed by atoms with van der Waals surface area (Å²) in [5.41, 5.74) is 3.07. The van der Waals surface area contributed by atoms with Crippen LogP contribution in [-0.2, 0) is 17.0 Å². The van der Waals surface area contributed by atoms with Crippen molar-refractivity contribution in [3.63, 3.8) is 0 Å². The molecule has 0 unspecified atom stereocenters. The third-order valence-electron chi connectivity index (χ3n) is 5.46. The van der Waals surface area contributed by atoms with E-state index in [1.54, 1.807) is 41.8 Å². The maximum Gasteiger partial charge on any atom is 0.340 e. The number of ether oxygens (including phenoxy) is 1. The number of benzene rings is 1. The van der Waals surface area contributed by atoms with Crippen molar-refractivity contribution in [3.8, 4) is 5.75 Å². The van der Waals surface area contributed by atoms with Crippen LogP contribution in [0, 0.1) is 0 Å². The maximum atomic E-state index is 13.3. The molecule has 5 rings (SSSR count). The first-order valence-electron chi connectivity index (χ1n) is 10.3. The molecule has 7 nitrogen and oxygen atoms in total. The molecule has 4 aromatic rings. The van der Waals surface area contributed by atoms with Gasteiger partial charge >= 0.3 is 5.97 Å². The molecule has 166 valence electrons. The van der Waals surface area contributed by atoms with Crippen molar-refractivity contribution in [2.75, 3.05) is 6.61 Å². The van der Waals surface area contributed by atoms with Gasteiger partial charge in [-0.2, -0.15) is 0 Å². The molecule has 32 heavy (non-hydrogen) atoms. The predicted molar refractivity (Wildman–Crippen MR) is 129 cm³/mol. The minimum absolute atomic E-state index is 0.129. The molecule has 0 aliphatic heterocycles. The highest BCUT2D eigenvalue weighted by Gasteiger charge is 2.34. The van der Waals surface area contributed by atoms with Gasteiger partial charge in [0.15, 0.2) is 0 Å². The molecule has 0 radical (unpaired) electrons. The minimum atomic E-state index is -0.361. The third kappa shape index (κ3) is 3.95. The molecule has 1 N–H and O–H groups in total. The highest BCUT2D eigenvalue weighted by molar-refractivity contribution is 9.10. The van der Waals surface area contributed by atoms with Gasteiger partial charge in [0.25, 0.3) is 0 Å². The van der Waals surface area contributed by atoms with Crippen LogP contribution in [0.5, 0.6) is 5.75 Å². The Kier molecular flexibility index (Phi) is 6.00. The third-order valence-corrected chi connectivity index (χ3v) is 8.04. The van der Waals surface area contributed by atoms with Crippen molar-refractivity contribution in [3.05, 3.63) is 57.7 Å². The Morgan fingerprint density at radius 2 is 2.25 bits per heavy atom. The Labute approximate surface area is 201 Å². The Morgan fingerprint density at radius 1 is 1.41 bits per heavy atom. The smallest absolute Gasteiger partial charge is 0.340 e. The number of fused-ring (bicyclic) bond motifs is 1. The topological polar surface area (TPSA) is 82.2 Å². The molecule has 0 saturated heterocycles. The molecule has 3 aromatic heterocycles. The number of aromatic nitrogens is 4. The first kappa shape index (κ1) is 21.5. The van der Waals surface area contributed by atoms with Crippen LogP contribution in [0.25, 0.3) is 10.9 Å². The summed E-state index contributed by atoms with van der Waals surface area (Å²) in [6.45, 7) is 2.48. The number of hydrogen-bond acceptors (Lipinski definition) is 7. The average Bonchev–Trinajstić information content (AvgIpc) is 3.17. The maximum absolute atomic E-state index is 13.3. The summed E-state index contributed by atoms with van der Waals surface area (Å²) in [5, 5.41) is 13.7. The lowest BCUT2D eigenvalue weighted by molar-refractivity contribution is 0.0527. The normalized spacial score (nSPS) is 13.7. The van der Waals surface area contributed by atoms with Crippen LogP contribution in [0.3, 0.4) is 0 Å². The molecular weight excluding hydrogens is 512 g/mol. The molecule has 3 heterocycles. The zero-order chi connectivity index (χ0) is 22.2. The van der Waals surface area contributed by atoms with E-state index in [9.17, 15) is 9.90 Å². The van der Waals surface area contributed by atoms with E-state index in [2.05, 4.69) is 30.5 Å². The molecule has 1 fully saturated rings. The van der Waals surface area contributed by atoms with Gasteiger partial charge in [-0.25, -0.2) is 14.8 Å². The minimum Gasteiger partial charge on any atom is -0.506 e. The van der Waals surface area contributed by atoms with E-state index >= 15 is 0 Å². The number of rotatable bonds is 8. The molecule has 0 spiro atoms. The molecule has 1 aliphatic rings. The Morgan fingerprint density at radius 3 is 2.91 bits per heavy atom. The van der Waals surface area contributed by atoms with Gasteiger partial charge < -0.3 is 19.0 Å². The first-order chi connectivity index (χ1) is 15.6. The standard InChI is InChI=1S/C22H21BrN4O3S2/c1-2-30-21(29)19-17(11-32-22-25-6-8-31-22)27(13-3-4-13)16-9-15(23)20(28)14(18(16)19)10-26-7-5-24-12-26/h5-9,12-13,28H,2-4,10-11H2,1H3. The average molecular weight is 533 g/mol. The number of halogens is 1. The fourth-order valence-electron chi connectivity index (χ4n) is 4.00. The second-order valence-electron chi connectivity index (χ2n) is 7.54. The SMILES string of the molecule is CCOC(=O)c1c(CSc2nccs2)n(C2CC2)c2cc(Br)c(O)c(Cn3ccnc3)c12. The van der Waals surface area contributed by atoms with E-state index in [1.165, 1.54) is 0 Å². The van der Waals surface area contributed by atoms with E-state index in [-0.39, 0.29) is 18.3 Å². The monoisotopic (exact) mass is 532 g/mol. The highest BCUT2D eigenvalue weighted by atomic mass is 79.9. The van der Waals surface area contributed by atoms with Crippen LogP contribution in [-0.4, -0.2) is 36.8 Å². The Balaban J connectivity index is 1.75. The van der Waals surface area contributed by atoms with Gasteiger partial charge in [-0.05, 0) is 41.8 Å². The summed E-state index contributed by atoms with van der Waals surface area (Å²) >= 11 is 6.73. The van der Waals surface area contributed by atoms with Crippen molar-refractivity contribution >= 4 is 55.9 Å². The van der Waals surface area contributed by atoms with Crippen LogP contribution in [0.1, 0.15) is 47.4 Å². The molecule has 1 saturated carbocycles. The van der Waals surface area contributed by atoms with E-state index < -0.39 is 0 Å². The summed E-state index contributed by atoms with van der Waals surface area (Å²) < 4.78 is 11.2. The zero-order valence-corrected chi connectivity index (χ0v) is 20.5. The van der Waals surface area contributed by atoms with Gasteiger partial charge in [-0.15, -0.1) is 11.3 Å². The number of hydrogen-bond donors (Lipinski definition) is 1. The number of imidazole rings is 1. The summed E-state index contributed by atoms with van der Waals surface area (Å²) in [6.07, 6.45) is 9.16. The number of nitrogens with zero attached hydrogens (tertiary/aromatic N) is 4. The van der Waals surface area contributed by atoms with E-state index in [0.29, 0.717) is 33.9 Å². The lowest BCUT2D eigenvalue weighted by Gasteiger charge is -2.12. The van der Waals surface area contributed by atoms with Crippen LogP contribution >= 0.6 is 39.0 Å². The van der Waals surface area contributed by atoms with Crippen LogP contribution in [0.4, 0.5) is 0 Å². The summed E-state index contributed by atoms with van der Waals surface area (Å²) in [7, 11) is 0. The highest BCUT2D eigenvalue weighted by Crippen LogP contribution is 2.47. The number of thioether (sulfide) groups is 1. The second kappa shape index (κ2) is 8.92. The predicted octanol–water partition coefficient (Wildman–Crippen LogP) is 5.61. The van der Waals surface area contributed by atoms with Crippen molar-refractivity contribution in [1.29, 1.82) is 0 Å². The second-order valence-corrected chi connectivity index (χ2v) is 10.5. The largest absolute Gasteiger partial charge is 0.506 e. The molecular formula is C22H21BrN4O3S2. The van der Waals surface area contributed by atoms with Crippen LogP contribution in [0.15, 0.2) is 45.2 Å². The van der Waals surface area contributed by atoms with Crippen molar-refractivity contribution in [1.82, 2.24) is 19.1 Å². The van der Waals surface area contributed by atoms with E-state index in [0.717, 1.165) is 33.8 Å². The lowest BCUT2D eigenvalue weighted by Crippen LogP contribution is -2.10. The van der Waals surface area contributed by atoms with Crippen LogP contribution in [0.2, 0.25) is 0 Å². The van der Waals surface area contributed by atoms with Gasteiger partial charge in [0.2, 0.25) is 0 Å². The fourth-order valence-corrected chi connectivity index (χ4v) is 6.11. The molecule has 1 aromatic carbocycles. The summed E-state index contributed by atoms with van der Waals surface area (Å²) in [5.74, 6) is 0.361. The number of carbonyl (C=O) groups is 1. The number of phenolic OH excluding ortho intramolecular Hbond substituents is 1. The number of aromatic hydroxyl groups is 1. The van der Waals surface area contributed by atoms with Gasteiger partial charge in [-0.1, -0.05) is 11.8 Å². The first-order valence-corrected chi connectivity index (χ1v) is 13.0. The summed E-state index contributed by atoms with van der Waals surface area (Å²) in [6, 6.07) is 2.26. The molecule has 0 bridgehead atoms. The van der Waals surface area contributed by atoms with Gasteiger partial charge in [0.1, 0.15) is 10.1 Å². The van der Waals surface area contributed by atoms with Gasteiger partial charge in [0, 0.05) is 52.4 Å².